The van der Waals surface area contributed by atoms with Crippen molar-refractivity contribution in [1.29, 1.82) is 0 Å². The highest BCUT2D eigenvalue weighted by Crippen LogP contribution is 2.12. The van der Waals surface area contributed by atoms with Crippen LogP contribution in [0.5, 0.6) is 0 Å². The predicted molar refractivity (Wildman–Crippen MR) is 81.5 cm³/mol. The molecule has 0 unspecified atom stereocenters. The third kappa shape index (κ3) is 4.22. The summed E-state index contributed by atoms with van der Waals surface area (Å²) in [6.45, 7) is 0.362. The fourth-order valence-electron chi connectivity index (χ4n) is 1.82. The molecule has 0 aliphatic rings. The van der Waals surface area contributed by atoms with Gasteiger partial charge in [-0.1, -0.05) is 0 Å². The molecule has 108 valence electrons. The average Bonchev–Trinajstić information content (AvgIpc) is 2.48. The summed E-state index contributed by atoms with van der Waals surface area (Å²) >= 11 is 0. The van der Waals surface area contributed by atoms with Crippen LogP contribution in [0.1, 0.15) is 20.7 Å². The Morgan fingerprint density at radius 2 is 1.81 bits per heavy atom. The zero-order valence-electron chi connectivity index (χ0n) is 12.0. The lowest BCUT2D eigenvalue weighted by atomic mass is 10.1. The first kappa shape index (κ1) is 14.9. The van der Waals surface area contributed by atoms with Gasteiger partial charge < -0.3 is 10.2 Å². The second kappa shape index (κ2) is 6.76. The number of rotatable bonds is 5. The number of carbonyl (C=O) groups excluding carboxylic acids is 2. The van der Waals surface area contributed by atoms with Gasteiger partial charge >= 0.3 is 0 Å². The molecule has 2 aromatic rings. The van der Waals surface area contributed by atoms with E-state index in [9.17, 15) is 9.59 Å². The lowest BCUT2D eigenvalue weighted by Crippen LogP contribution is -2.21. The second-order valence-corrected chi connectivity index (χ2v) is 4.93. The SMILES string of the molecule is CN(C)CC(=O)c1ccc(NC(=O)c2cccnc2)cc1. The second-order valence-electron chi connectivity index (χ2n) is 4.93. The van der Waals surface area contributed by atoms with Crippen LogP contribution in [0.3, 0.4) is 0 Å². The summed E-state index contributed by atoms with van der Waals surface area (Å²) in [6, 6.07) is 10.3. The van der Waals surface area contributed by atoms with Gasteiger partial charge in [-0.3, -0.25) is 14.6 Å². The van der Waals surface area contributed by atoms with Crippen molar-refractivity contribution in [3.8, 4) is 0 Å². The van der Waals surface area contributed by atoms with Gasteiger partial charge in [0.05, 0.1) is 12.1 Å². The largest absolute Gasteiger partial charge is 0.322 e. The van der Waals surface area contributed by atoms with E-state index in [1.807, 2.05) is 19.0 Å². The van der Waals surface area contributed by atoms with Crippen molar-refractivity contribution in [3.63, 3.8) is 0 Å². The molecule has 1 aromatic heterocycles. The Morgan fingerprint density at radius 3 is 2.38 bits per heavy atom. The third-order valence-electron chi connectivity index (χ3n) is 2.85. The van der Waals surface area contributed by atoms with Crippen LogP contribution in [0.2, 0.25) is 0 Å². The highest BCUT2D eigenvalue weighted by Gasteiger charge is 2.08. The van der Waals surface area contributed by atoms with Crippen LogP contribution >= 0.6 is 0 Å². The van der Waals surface area contributed by atoms with E-state index in [1.165, 1.54) is 6.20 Å². The first-order chi connectivity index (χ1) is 10.1. The van der Waals surface area contributed by atoms with E-state index >= 15 is 0 Å². The molecule has 0 aliphatic heterocycles. The van der Waals surface area contributed by atoms with Crippen molar-refractivity contribution in [1.82, 2.24) is 9.88 Å². The van der Waals surface area contributed by atoms with Crippen LogP contribution in [0.4, 0.5) is 5.69 Å². The average molecular weight is 283 g/mol. The molecule has 0 bridgehead atoms. The van der Waals surface area contributed by atoms with Gasteiger partial charge in [0.25, 0.3) is 5.91 Å². The molecule has 0 saturated carbocycles. The molecule has 1 amide bonds. The van der Waals surface area contributed by atoms with Crippen LogP contribution < -0.4 is 5.32 Å². The maximum atomic E-state index is 12.0. The number of hydrogen-bond donors (Lipinski definition) is 1. The summed E-state index contributed by atoms with van der Waals surface area (Å²) in [7, 11) is 3.70. The molecule has 0 atom stereocenters. The van der Waals surface area contributed by atoms with Gasteiger partial charge in [0.15, 0.2) is 5.78 Å². The molecule has 0 saturated heterocycles. The lowest BCUT2D eigenvalue weighted by Gasteiger charge is -2.09. The molecule has 0 aliphatic carbocycles. The zero-order valence-corrected chi connectivity index (χ0v) is 12.0. The maximum absolute atomic E-state index is 12.0. The van der Waals surface area contributed by atoms with Crippen LogP contribution in [0, 0.1) is 0 Å². The van der Waals surface area contributed by atoms with E-state index < -0.39 is 0 Å². The topological polar surface area (TPSA) is 62.3 Å². The number of likely N-dealkylation sites (N-methyl/N-ethyl adjacent to an activating group) is 1. The minimum absolute atomic E-state index is 0.0464. The van der Waals surface area contributed by atoms with Gasteiger partial charge in [-0.15, -0.1) is 0 Å². The van der Waals surface area contributed by atoms with Crippen molar-refractivity contribution >= 4 is 17.4 Å². The highest BCUT2D eigenvalue weighted by molar-refractivity contribution is 6.04. The van der Waals surface area contributed by atoms with Crippen LogP contribution in [-0.2, 0) is 0 Å². The molecule has 0 spiro atoms. The van der Waals surface area contributed by atoms with Gasteiger partial charge in [-0.05, 0) is 50.5 Å². The monoisotopic (exact) mass is 283 g/mol. The van der Waals surface area contributed by atoms with E-state index in [0.717, 1.165) is 0 Å². The highest BCUT2D eigenvalue weighted by atomic mass is 16.1. The van der Waals surface area contributed by atoms with Crippen molar-refractivity contribution in [2.75, 3.05) is 26.0 Å². The van der Waals surface area contributed by atoms with Crippen LogP contribution in [-0.4, -0.2) is 42.2 Å². The summed E-state index contributed by atoms with van der Waals surface area (Å²) in [5.41, 5.74) is 1.76. The normalized spacial score (nSPS) is 10.4. The fourth-order valence-corrected chi connectivity index (χ4v) is 1.82. The third-order valence-corrected chi connectivity index (χ3v) is 2.85. The molecule has 2 rings (SSSR count). The number of nitrogens with one attached hydrogen (secondary N) is 1. The Morgan fingerprint density at radius 1 is 1.10 bits per heavy atom. The number of Topliss-reactive ketones (excluding diaryl/α,β-unsaturated/α-hetero) is 1. The van der Waals surface area contributed by atoms with Crippen molar-refractivity contribution in [3.05, 3.63) is 59.9 Å². The molecule has 0 radical (unpaired) electrons. The van der Waals surface area contributed by atoms with Crippen molar-refractivity contribution < 1.29 is 9.59 Å². The van der Waals surface area contributed by atoms with E-state index in [0.29, 0.717) is 23.4 Å². The summed E-state index contributed by atoms with van der Waals surface area (Å²) in [6.07, 6.45) is 3.12. The van der Waals surface area contributed by atoms with Gasteiger partial charge in [-0.2, -0.15) is 0 Å². The number of hydrogen-bond acceptors (Lipinski definition) is 4. The Hall–Kier alpha value is -2.53. The van der Waals surface area contributed by atoms with Gasteiger partial charge in [0.1, 0.15) is 0 Å². The van der Waals surface area contributed by atoms with Gasteiger partial charge in [-0.25, -0.2) is 0 Å². The lowest BCUT2D eigenvalue weighted by molar-refractivity contribution is 0.0957. The number of ketones is 1. The van der Waals surface area contributed by atoms with E-state index in [-0.39, 0.29) is 11.7 Å². The molecule has 5 heteroatoms. The summed E-state index contributed by atoms with van der Waals surface area (Å²) < 4.78 is 0. The van der Waals surface area contributed by atoms with E-state index in [4.69, 9.17) is 0 Å². The number of benzene rings is 1. The first-order valence-electron chi connectivity index (χ1n) is 6.55. The molecular formula is C16H17N3O2. The molecule has 0 fully saturated rings. The first-order valence-corrected chi connectivity index (χ1v) is 6.55. The van der Waals surface area contributed by atoms with Crippen molar-refractivity contribution in [2.24, 2.45) is 0 Å². The summed E-state index contributed by atoms with van der Waals surface area (Å²) in [5, 5.41) is 2.76. The predicted octanol–water partition coefficient (Wildman–Crippen LogP) is 2.08. The number of amides is 1. The Labute approximate surface area is 123 Å². The van der Waals surface area contributed by atoms with Gasteiger partial charge in [0.2, 0.25) is 0 Å². The zero-order chi connectivity index (χ0) is 15.2. The fraction of sp³-hybridized carbons (Fsp3) is 0.188. The number of aromatic nitrogens is 1. The summed E-state index contributed by atoms with van der Waals surface area (Å²) in [5.74, 6) is -0.180. The van der Waals surface area contributed by atoms with E-state index in [1.54, 1.807) is 42.6 Å². The number of pyridine rings is 1. The maximum Gasteiger partial charge on any atom is 0.257 e. The van der Waals surface area contributed by atoms with Crippen molar-refractivity contribution in [2.45, 2.75) is 0 Å². The number of carbonyl (C=O) groups is 2. The molecular weight excluding hydrogens is 266 g/mol. The summed E-state index contributed by atoms with van der Waals surface area (Å²) in [4.78, 5) is 29.5. The minimum atomic E-state index is -0.226. The van der Waals surface area contributed by atoms with E-state index in [2.05, 4.69) is 10.3 Å². The number of anilines is 1. The molecule has 21 heavy (non-hydrogen) atoms. The van der Waals surface area contributed by atoms with Crippen LogP contribution in [0.25, 0.3) is 0 Å². The molecule has 1 heterocycles. The smallest absolute Gasteiger partial charge is 0.257 e. The Kier molecular flexibility index (Phi) is 4.79. The molecule has 1 N–H and O–H groups in total. The minimum Gasteiger partial charge on any atom is -0.322 e. The molecule has 1 aromatic carbocycles. The van der Waals surface area contributed by atoms with Crippen LogP contribution in [0.15, 0.2) is 48.8 Å². The number of nitrogens with zero attached hydrogens (tertiary/aromatic N) is 2. The quantitative estimate of drug-likeness (QED) is 0.853. The standard InChI is InChI=1S/C16H17N3O2/c1-19(2)11-15(20)12-5-7-14(8-6-12)18-16(21)13-4-3-9-17-10-13/h3-10H,11H2,1-2H3,(H,18,21). The Bertz CT molecular complexity index is 622. The molecule has 5 nitrogen and oxygen atoms in total. The Balaban J connectivity index is 2.03. The van der Waals surface area contributed by atoms with Gasteiger partial charge in [0, 0.05) is 23.6 Å².